The minimum absolute atomic E-state index is 0.860. The highest BCUT2D eigenvalue weighted by molar-refractivity contribution is 6.11. The summed E-state index contributed by atoms with van der Waals surface area (Å²) in [4.78, 5) is 2.30. The van der Waals surface area contributed by atoms with E-state index in [0.717, 1.165) is 83.2 Å². The lowest BCUT2D eigenvalue weighted by Crippen LogP contribution is -2.10. The van der Waals surface area contributed by atoms with Crippen LogP contribution < -0.4 is 4.90 Å². The molecule has 0 fully saturated rings. The minimum atomic E-state index is 0.860. The molecule has 3 nitrogen and oxygen atoms in total. The third-order valence-corrected chi connectivity index (χ3v) is 9.90. The first-order valence-corrected chi connectivity index (χ1v) is 17.3. The third kappa shape index (κ3) is 4.98. The molecular weight excluding hydrogens is 623 g/mol. The molecule has 0 spiro atoms. The molecule has 2 aromatic heterocycles. The van der Waals surface area contributed by atoms with Crippen LogP contribution in [0.2, 0.25) is 0 Å². The molecule has 0 saturated carbocycles. The molecule has 2 heterocycles. The maximum atomic E-state index is 6.58. The summed E-state index contributed by atoms with van der Waals surface area (Å²) in [6, 6.07) is 66.2. The Morgan fingerprint density at radius 1 is 0.314 bits per heavy atom. The number of anilines is 3. The maximum Gasteiger partial charge on any atom is 0.159 e. The van der Waals surface area contributed by atoms with Crippen LogP contribution in [0, 0.1) is 0 Å². The summed E-state index contributed by atoms with van der Waals surface area (Å²) in [6.07, 6.45) is 0. The number of para-hydroxylation sites is 3. The molecule has 0 aliphatic carbocycles. The predicted molar refractivity (Wildman–Crippen MR) is 212 cm³/mol. The Hall–Kier alpha value is -6.84. The van der Waals surface area contributed by atoms with Crippen LogP contribution in [0.15, 0.2) is 197 Å². The van der Waals surface area contributed by atoms with Crippen molar-refractivity contribution >= 4 is 60.9 Å². The van der Waals surface area contributed by atoms with Crippen molar-refractivity contribution in [1.82, 2.24) is 0 Å². The molecule has 0 aliphatic rings. The lowest BCUT2D eigenvalue weighted by molar-refractivity contribution is 0.668. The highest BCUT2D eigenvalue weighted by Gasteiger charge is 2.20. The average Bonchev–Trinajstić information content (AvgIpc) is 3.77. The molecule has 0 saturated heterocycles. The fourth-order valence-corrected chi connectivity index (χ4v) is 7.43. The van der Waals surface area contributed by atoms with Crippen molar-refractivity contribution in [3.63, 3.8) is 0 Å². The lowest BCUT2D eigenvalue weighted by atomic mass is 9.92. The number of benzene rings is 8. The van der Waals surface area contributed by atoms with Gasteiger partial charge < -0.3 is 13.7 Å². The fourth-order valence-electron chi connectivity index (χ4n) is 7.43. The normalized spacial score (nSPS) is 11.5. The zero-order valence-electron chi connectivity index (χ0n) is 27.7. The van der Waals surface area contributed by atoms with E-state index in [1.54, 1.807) is 0 Å². The van der Waals surface area contributed by atoms with Crippen LogP contribution in [-0.4, -0.2) is 0 Å². The molecular formula is C48H31NO2. The van der Waals surface area contributed by atoms with E-state index in [2.05, 4.69) is 169 Å². The van der Waals surface area contributed by atoms with Crippen LogP contribution in [0.4, 0.5) is 17.1 Å². The Kier molecular flexibility index (Phi) is 6.81. The van der Waals surface area contributed by atoms with Gasteiger partial charge in [0.1, 0.15) is 16.7 Å². The minimum Gasteiger partial charge on any atom is -0.456 e. The molecule has 0 N–H and O–H groups in total. The molecule has 3 heteroatoms. The van der Waals surface area contributed by atoms with E-state index < -0.39 is 0 Å². The van der Waals surface area contributed by atoms with Gasteiger partial charge in [-0.3, -0.25) is 0 Å². The highest BCUT2D eigenvalue weighted by atomic mass is 16.3. The number of furan rings is 2. The summed E-state index contributed by atoms with van der Waals surface area (Å²) in [7, 11) is 0. The van der Waals surface area contributed by atoms with Crippen LogP contribution in [0.25, 0.3) is 77.3 Å². The SMILES string of the molecule is c1ccc(-c2ccc(N(c3ccc(-c4cc5c(cc4-c4ccccc4)oc4ccccc45)cc3)c3cccc4c3oc3ccccc34)cc2)cc1. The highest BCUT2D eigenvalue weighted by Crippen LogP contribution is 2.44. The van der Waals surface area contributed by atoms with Crippen LogP contribution in [0.1, 0.15) is 0 Å². The summed E-state index contributed by atoms with van der Waals surface area (Å²) >= 11 is 0. The fraction of sp³-hybridized carbons (Fsp3) is 0. The van der Waals surface area contributed by atoms with Gasteiger partial charge in [0, 0.05) is 32.9 Å². The van der Waals surface area contributed by atoms with Gasteiger partial charge in [-0.25, -0.2) is 0 Å². The van der Waals surface area contributed by atoms with Crippen LogP contribution in [0.3, 0.4) is 0 Å². The van der Waals surface area contributed by atoms with Crippen molar-refractivity contribution in [2.24, 2.45) is 0 Å². The maximum absolute atomic E-state index is 6.58. The van der Waals surface area contributed by atoms with Crippen molar-refractivity contribution in [2.45, 2.75) is 0 Å². The van der Waals surface area contributed by atoms with Crippen LogP contribution in [-0.2, 0) is 0 Å². The standard InChI is InChI=1S/C48H31NO2/c1-3-12-32(13-4-1)33-22-26-36(27-23-33)49(44-19-11-18-40-38-16-7-10-21-46(38)51-48(40)44)37-28-24-35(25-29-37)41-30-43-39-17-8-9-20-45(39)50-47(43)31-42(41)34-14-5-2-6-15-34/h1-31H. The average molecular weight is 654 g/mol. The second-order valence-corrected chi connectivity index (χ2v) is 12.9. The van der Waals surface area contributed by atoms with E-state index >= 15 is 0 Å². The molecule has 51 heavy (non-hydrogen) atoms. The molecule has 10 rings (SSSR count). The van der Waals surface area contributed by atoms with Crippen molar-refractivity contribution < 1.29 is 8.83 Å². The van der Waals surface area contributed by atoms with E-state index in [0.29, 0.717) is 0 Å². The van der Waals surface area contributed by atoms with Gasteiger partial charge in [-0.2, -0.15) is 0 Å². The van der Waals surface area contributed by atoms with Crippen molar-refractivity contribution in [2.75, 3.05) is 4.90 Å². The van der Waals surface area contributed by atoms with E-state index in [-0.39, 0.29) is 0 Å². The molecule has 0 aliphatic heterocycles. The molecule has 0 amide bonds. The number of fused-ring (bicyclic) bond motifs is 6. The molecule has 10 aromatic rings. The molecule has 0 unspecified atom stereocenters. The summed E-state index contributed by atoms with van der Waals surface area (Å²) in [5.41, 5.74) is 13.5. The van der Waals surface area contributed by atoms with Crippen LogP contribution >= 0.6 is 0 Å². The van der Waals surface area contributed by atoms with E-state index in [9.17, 15) is 0 Å². The van der Waals surface area contributed by atoms with Gasteiger partial charge in [-0.05, 0) is 88.0 Å². The number of hydrogen-bond donors (Lipinski definition) is 0. The Balaban J connectivity index is 1.14. The predicted octanol–water partition coefficient (Wildman–Crippen LogP) is 14.0. The first kappa shape index (κ1) is 29.1. The Bertz CT molecular complexity index is 2830. The van der Waals surface area contributed by atoms with Crippen LogP contribution in [0.5, 0.6) is 0 Å². The summed E-state index contributed by atoms with van der Waals surface area (Å²) < 4.78 is 12.9. The van der Waals surface area contributed by atoms with Gasteiger partial charge in [0.15, 0.2) is 5.58 Å². The summed E-state index contributed by atoms with van der Waals surface area (Å²) in [5.74, 6) is 0. The molecule has 0 radical (unpaired) electrons. The Morgan fingerprint density at radius 2 is 0.804 bits per heavy atom. The van der Waals surface area contributed by atoms with Crippen molar-refractivity contribution in [1.29, 1.82) is 0 Å². The largest absolute Gasteiger partial charge is 0.456 e. The van der Waals surface area contributed by atoms with Gasteiger partial charge in [0.2, 0.25) is 0 Å². The topological polar surface area (TPSA) is 29.5 Å². The quantitative estimate of drug-likeness (QED) is 0.179. The van der Waals surface area contributed by atoms with Gasteiger partial charge >= 0.3 is 0 Å². The smallest absolute Gasteiger partial charge is 0.159 e. The van der Waals surface area contributed by atoms with Gasteiger partial charge in [0.25, 0.3) is 0 Å². The molecule has 8 aromatic carbocycles. The van der Waals surface area contributed by atoms with Gasteiger partial charge in [0.05, 0.1) is 5.69 Å². The summed E-state index contributed by atoms with van der Waals surface area (Å²) in [6.45, 7) is 0. The third-order valence-electron chi connectivity index (χ3n) is 9.90. The Morgan fingerprint density at radius 3 is 1.49 bits per heavy atom. The second kappa shape index (κ2) is 11.9. The number of hydrogen-bond acceptors (Lipinski definition) is 3. The molecule has 0 bridgehead atoms. The van der Waals surface area contributed by atoms with Crippen molar-refractivity contribution in [3.8, 4) is 33.4 Å². The van der Waals surface area contributed by atoms with Gasteiger partial charge in [-0.15, -0.1) is 0 Å². The monoisotopic (exact) mass is 653 g/mol. The van der Waals surface area contributed by atoms with E-state index in [1.165, 1.54) is 11.1 Å². The first-order chi connectivity index (χ1) is 25.3. The number of nitrogens with zero attached hydrogens (tertiary/aromatic N) is 1. The second-order valence-electron chi connectivity index (χ2n) is 12.9. The lowest BCUT2D eigenvalue weighted by Gasteiger charge is -2.26. The number of rotatable bonds is 6. The summed E-state index contributed by atoms with van der Waals surface area (Å²) in [5, 5.41) is 4.44. The molecule has 240 valence electrons. The molecule has 0 atom stereocenters. The van der Waals surface area contributed by atoms with E-state index in [4.69, 9.17) is 8.83 Å². The Labute approximate surface area is 295 Å². The zero-order valence-corrected chi connectivity index (χ0v) is 27.7. The first-order valence-electron chi connectivity index (χ1n) is 17.3. The van der Waals surface area contributed by atoms with Gasteiger partial charge in [-0.1, -0.05) is 133 Å². The van der Waals surface area contributed by atoms with Crippen molar-refractivity contribution in [3.05, 3.63) is 188 Å². The van der Waals surface area contributed by atoms with E-state index in [1.807, 2.05) is 24.3 Å². The zero-order chi connectivity index (χ0) is 33.7.